The zero-order valence-electron chi connectivity index (χ0n) is 9.95. The van der Waals surface area contributed by atoms with Crippen LogP contribution in [0.15, 0.2) is 52.5 Å². The number of nitro groups is 1. The Balaban J connectivity index is 2.29. The van der Waals surface area contributed by atoms with Gasteiger partial charge in [-0.25, -0.2) is 4.99 Å². The van der Waals surface area contributed by atoms with E-state index in [0.717, 1.165) is 6.07 Å². The number of nitro benzene ring substituents is 1. The molecule has 0 radical (unpaired) electrons. The van der Waals surface area contributed by atoms with Crippen LogP contribution in [0.1, 0.15) is 10.4 Å². The molecule has 0 fully saturated rings. The first-order valence-electron chi connectivity index (χ1n) is 5.44. The number of benzene rings is 1. The van der Waals surface area contributed by atoms with Gasteiger partial charge in [-0.15, -0.1) is 0 Å². The summed E-state index contributed by atoms with van der Waals surface area (Å²) >= 11 is 5.64. The van der Waals surface area contributed by atoms with Crippen LogP contribution in [-0.4, -0.2) is 22.3 Å². The topological polar surface area (TPSA) is 89.6 Å². The maximum Gasteiger partial charge on any atom is 0.277 e. The van der Waals surface area contributed by atoms with Gasteiger partial charge in [0.15, 0.2) is 5.78 Å². The molecule has 7 heteroatoms. The minimum absolute atomic E-state index is 0.0434. The zero-order valence-corrected chi connectivity index (χ0v) is 10.7. The van der Waals surface area contributed by atoms with Gasteiger partial charge in [-0.05, 0) is 24.3 Å². The highest BCUT2D eigenvalue weighted by Crippen LogP contribution is 2.15. The Kier molecular flexibility index (Phi) is 3.86. The summed E-state index contributed by atoms with van der Waals surface area (Å²) in [5.41, 5.74) is 0.103. The summed E-state index contributed by atoms with van der Waals surface area (Å²) in [6.07, 6.45) is 3.81. The standard InChI is InChI=1S/C13H7ClN2O4/c14-11-7-9(4-5-12(11)17)15-13(18)8-2-1-3-10(6-8)16(19)20/h1-7H. The quantitative estimate of drug-likeness (QED) is 0.475. The number of rotatable bonds is 2. The van der Waals surface area contributed by atoms with E-state index in [1.54, 1.807) is 0 Å². The molecule has 0 unspecified atom stereocenters. The summed E-state index contributed by atoms with van der Waals surface area (Å²) in [4.78, 5) is 36.8. The maximum atomic E-state index is 11.9. The van der Waals surface area contributed by atoms with Gasteiger partial charge in [0.1, 0.15) is 0 Å². The van der Waals surface area contributed by atoms with Gasteiger partial charge in [0.05, 0.1) is 15.7 Å². The van der Waals surface area contributed by atoms with Gasteiger partial charge < -0.3 is 0 Å². The first-order chi connectivity index (χ1) is 9.47. The molecule has 0 aromatic heterocycles. The number of halogens is 1. The highest BCUT2D eigenvalue weighted by Gasteiger charge is 2.13. The molecular formula is C13H7ClN2O4. The molecule has 0 saturated carbocycles. The molecule has 1 aromatic rings. The summed E-state index contributed by atoms with van der Waals surface area (Å²) in [7, 11) is 0. The van der Waals surface area contributed by atoms with Gasteiger partial charge in [-0.2, -0.15) is 0 Å². The van der Waals surface area contributed by atoms with Gasteiger partial charge >= 0.3 is 0 Å². The lowest BCUT2D eigenvalue weighted by molar-refractivity contribution is -0.384. The first kappa shape index (κ1) is 13.8. The van der Waals surface area contributed by atoms with Crippen LogP contribution in [-0.2, 0) is 4.79 Å². The van der Waals surface area contributed by atoms with Gasteiger partial charge in [0.2, 0.25) is 0 Å². The monoisotopic (exact) mass is 290 g/mol. The number of allylic oxidation sites excluding steroid dienone is 4. The molecule has 1 aliphatic rings. The second kappa shape index (κ2) is 5.58. The Morgan fingerprint density at radius 3 is 2.70 bits per heavy atom. The largest absolute Gasteiger partial charge is 0.288 e. The Labute approximate surface area is 118 Å². The van der Waals surface area contributed by atoms with E-state index < -0.39 is 10.8 Å². The van der Waals surface area contributed by atoms with Crippen LogP contribution >= 0.6 is 11.6 Å². The average Bonchev–Trinajstić information content (AvgIpc) is 2.43. The first-order valence-corrected chi connectivity index (χ1v) is 5.82. The van der Waals surface area contributed by atoms with E-state index >= 15 is 0 Å². The molecule has 2 rings (SSSR count). The van der Waals surface area contributed by atoms with Crippen LogP contribution in [0.5, 0.6) is 0 Å². The third-order valence-electron chi connectivity index (χ3n) is 2.45. The summed E-state index contributed by atoms with van der Waals surface area (Å²) in [6, 6.07) is 5.23. The van der Waals surface area contributed by atoms with Crippen LogP contribution in [0, 0.1) is 10.1 Å². The van der Waals surface area contributed by atoms with E-state index in [1.165, 1.54) is 36.4 Å². The smallest absolute Gasteiger partial charge is 0.277 e. The van der Waals surface area contributed by atoms with Gasteiger partial charge in [-0.3, -0.25) is 19.7 Å². The van der Waals surface area contributed by atoms with Crippen molar-refractivity contribution in [1.82, 2.24) is 0 Å². The van der Waals surface area contributed by atoms with Crippen molar-refractivity contribution in [2.24, 2.45) is 4.99 Å². The number of nitrogens with zero attached hydrogens (tertiary/aromatic N) is 2. The Hall–Kier alpha value is -2.60. The third-order valence-corrected chi connectivity index (χ3v) is 2.75. The average molecular weight is 291 g/mol. The van der Waals surface area contributed by atoms with E-state index in [2.05, 4.69) is 4.99 Å². The number of non-ortho nitro benzene ring substituents is 1. The molecule has 0 saturated heterocycles. The van der Waals surface area contributed by atoms with Crippen LogP contribution < -0.4 is 0 Å². The van der Waals surface area contributed by atoms with Crippen molar-refractivity contribution >= 4 is 34.7 Å². The molecule has 1 amide bonds. The van der Waals surface area contributed by atoms with Crippen LogP contribution in [0.25, 0.3) is 0 Å². The second-order valence-corrected chi connectivity index (χ2v) is 4.25. The predicted octanol–water partition coefficient (Wildman–Crippen LogP) is 2.44. The minimum atomic E-state index is -0.650. The van der Waals surface area contributed by atoms with Gasteiger partial charge in [0.25, 0.3) is 11.6 Å². The lowest BCUT2D eigenvalue weighted by Crippen LogP contribution is -2.06. The number of hydrogen-bond donors (Lipinski definition) is 0. The Bertz CT molecular complexity index is 704. The zero-order chi connectivity index (χ0) is 14.7. The minimum Gasteiger partial charge on any atom is -0.288 e. The van der Waals surface area contributed by atoms with E-state index in [9.17, 15) is 19.7 Å². The number of carbonyl (C=O) groups excluding carboxylic acids is 2. The lowest BCUT2D eigenvalue weighted by Gasteiger charge is -2.02. The van der Waals surface area contributed by atoms with Crippen molar-refractivity contribution in [3.63, 3.8) is 0 Å². The maximum absolute atomic E-state index is 11.9. The van der Waals surface area contributed by atoms with Crippen molar-refractivity contribution in [3.05, 3.63) is 63.2 Å². The van der Waals surface area contributed by atoms with Crippen LogP contribution in [0.4, 0.5) is 5.69 Å². The van der Waals surface area contributed by atoms with Gasteiger partial charge in [-0.1, -0.05) is 17.7 Å². The second-order valence-electron chi connectivity index (χ2n) is 3.84. The molecule has 0 spiro atoms. The molecule has 1 aliphatic carbocycles. The highest BCUT2D eigenvalue weighted by molar-refractivity contribution is 6.47. The fourth-order valence-electron chi connectivity index (χ4n) is 1.49. The Morgan fingerprint density at radius 2 is 2.05 bits per heavy atom. The Morgan fingerprint density at radius 1 is 1.30 bits per heavy atom. The van der Waals surface area contributed by atoms with Crippen molar-refractivity contribution in [2.75, 3.05) is 0 Å². The van der Waals surface area contributed by atoms with Gasteiger partial charge in [0, 0.05) is 17.7 Å². The molecule has 100 valence electrons. The number of ketones is 1. The van der Waals surface area contributed by atoms with Crippen molar-refractivity contribution < 1.29 is 14.5 Å². The molecule has 0 heterocycles. The molecule has 0 atom stereocenters. The molecule has 20 heavy (non-hydrogen) atoms. The number of carbonyl (C=O) groups is 2. The molecular weight excluding hydrogens is 284 g/mol. The van der Waals surface area contributed by atoms with Crippen molar-refractivity contribution in [1.29, 1.82) is 0 Å². The van der Waals surface area contributed by atoms with Crippen molar-refractivity contribution in [2.45, 2.75) is 0 Å². The summed E-state index contributed by atoms with van der Waals surface area (Å²) in [6.45, 7) is 0. The number of hydrogen-bond acceptors (Lipinski definition) is 4. The summed E-state index contributed by atoms with van der Waals surface area (Å²) in [5, 5.41) is 10.6. The van der Waals surface area contributed by atoms with Crippen LogP contribution in [0.3, 0.4) is 0 Å². The van der Waals surface area contributed by atoms with Crippen LogP contribution in [0.2, 0.25) is 0 Å². The highest BCUT2D eigenvalue weighted by atomic mass is 35.5. The van der Waals surface area contributed by atoms with Crippen molar-refractivity contribution in [3.8, 4) is 0 Å². The predicted molar refractivity (Wildman–Crippen MR) is 72.9 cm³/mol. The number of amides is 1. The molecule has 0 N–H and O–H groups in total. The SMILES string of the molecule is O=C1C=CC(=NC(=O)c2cccc([N+](=O)[O-])c2)C=C1Cl. The van der Waals surface area contributed by atoms with E-state index in [0.29, 0.717) is 0 Å². The van der Waals surface area contributed by atoms with E-state index in [-0.39, 0.29) is 27.8 Å². The third kappa shape index (κ3) is 3.04. The molecule has 6 nitrogen and oxygen atoms in total. The molecule has 1 aromatic carbocycles. The number of aliphatic imine (C=N–C) groups is 1. The molecule has 0 bridgehead atoms. The lowest BCUT2D eigenvalue weighted by atomic mass is 10.1. The summed E-state index contributed by atoms with van der Waals surface area (Å²) < 4.78 is 0. The summed E-state index contributed by atoms with van der Waals surface area (Å²) in [5.74, 6) is -1.02. The van der Waals surface area contributed by atoms with E-state index in [1.807, 2.05) is 0 Å². The fourth-order valence-corrected chi connectivity index (χ4v) is 1.67. The fraction of sp³-hybridized carbons (Fsp3) is 0. The molecule has 0 aliphatic heterocycles. The van der Waals surface area contributed by atoms with E-state index in [4.69, 9.17) is 11.6 Å². The normalized spacial score (nSPS) is 16.1.